The Morgan fingerprint density at radius 1 is 1.17 bits per heavy atom. The van der Waals surface area contributed by atoms with Gasteiger partial charge in [0.05, 0.1) is 0 Å². The molecule has 0 N–H and O–H groups in total. The van der Waals surface area contributed by atoms with Crippen molar-refractivity contribution in [2.24, 2.45) is 0 Å². The van der Waals surface area contributed by atoms with Crippen LogP contribution in [0.2, 0.25) is 11.6 Å². The highest BCUT2D eigenvalue weighted by molar-refractivity contribution is 6.58. The molecule has 0 radical (unpaired) electrons. The highest BCUT2D eigenvalue weighted by Gasteiger charge is 2.22. The van der Waals surface area contributed by atoms with Crippen LogP contribution >= 0.6 is 0 Å². The average Bonchev–Trinajstić information content (AvgIpc) is 2.33. The molecule has 102 valence electrons. The van der Waals surface area contributed by atoms with E-state index in [1.54, 1.807) is 0 Å². The summed E-state index contributed by atoms with van der Waals surface area (Å²) in [7, 11) is -1.82. The fourth-order valence-electron chi connectivity index (χ4n) is 1.48. The van der Waals surface area contributed by atoms with E-state index in [0.717, 1.165) is 19.4 Å². The van der Waals surface area contributed by atoms with Crippen LogP contribution in [0, 0.1) is 0 Å². The molecule has 1 aromatic rings. The summed E-state index contributed by atoms with van der Waals surface area (Å²) in [6.45, 7) is 9.88. The van der Waals surface area contributed by atoms with Crippen LogP contribution < -0.4 is 0 Å². The van der Waals surface area contributed by atoms with E-state index in [1.807, 2.05) is 0 Å². The molecule has 0 bridgehead atoms. The Bertz CT molecular complexity index is 322. The zero-order valence-corrected chi connectivity index (χ0v) is 14.7. The first-order valence-corrected chi connectivity index (χ1v) is 10.1. The van der Waals surface area contributed by atoms with Gasteiger partial charge in [-0.3, -0.25) is 0 Å². The quantitative estimate of drug-likeness (QED) is 0.565. The molecule has 0 saturated carbocycles. The minimum Gasteiger partial charge on any atom is -0.442 e. The zero-order valence-electron chi connectivity index (χ0n) is 12.1. The van der Waals surface area contributed by atoms with Gasteiger partial charge in [0.2, 0.25) is 0 Å². The second-order valence-electron chi connectivity index (χ2n) is 5.79. The second-order valence-corrected chi connectivity index (χ2v) is 10.8. The van der Waals surface area contributed by atoms with Gasteiger partial charge in [-0.1, -0.05) is 51.1 Å². The Morgan fingerprint density at radius 2 is 1.83 bits per heavy atom. The predicted octanol–water partition coefficient (Wildman–Crippen LogP) is 2.80. The maximum absolute atomic E-state index is 5.91. The van der Waals surface area contributed by atoms with Crippen LogP contribution in [0.1, 0.15) is 32.8 Å². The van der Waals surface area contributed by atoms with Crippen LogP contribution in [0.5, 0.6) is 0 Å². The van der Waals surface area contributed by atoms with Crippen LogP contribution in [-0.4, -0.2) is 25.7 Å². The molecule has 1 unspecified atom stereocenters. The Labute approximate surface area is 116 Å². The molecule has 0 heterocycles. The van der Waals surface area contributed by atoms with Crippen molar-refractivity contribution >= 4 is 19.0 Å². The number of aryl methyl sites for hydroxylation is 1. The van der Waals surface area contributed by atoms with Crippen molar-refractivity contribution in [2.75, 3.05) is 6.61 Å². The van der Waals surface area contributed by atoms with E-state index < -0.39 is 19.0 Å². The predicted molar refractivity (Wildman–Crippen MR) is 83.1 cm³/mol. The summed E-state index contributed by atoms with van der Waals surface area (Å²) < 4.78 is 11.6. The number of rotatable bonds is 7. The maximum Gasteiger partial charge on any atom is 0.293 e. The molecule has 2 nitrogen and oxygen atoms in total. The van der Waals surface area contributed by atoms with Crippen molar-refractivity contribution in [3.63, 3.8) is 0 Å². The largest absolute Gasteiger partial charge is 0.442 e. The minimum absolute atomic E-state index is 0.348. The lowest BCUT2D eigenvalue weighted by atomic mass is 10.1. The van der Waals surface area contributed by atoms with Crippen molar-refractivity contribution in [1.29, 1.82) is 0 Å². The van der Waals surface area contributed by atoms with E-state index in [-0.39, 0.29) is 0 Å². The second kappa shape index (κ2) is 7.89. The molecule has 0 aliphatic carbocycles. The van der Waals surface area contributed by atoms with Crippen molar-refractivity contribution in [1.82, 2.24) is 0 Å². The first kappa shape index (κ1) is 15.6. The molecule has 0 spiro atoms. The lowest BCUT2D eigenvalue weighted by Gasteiger charge is -2.25. The molecular formula is C14H26O2Si2. The molecule has 0 fully saturated rings. The summed E-state index contributed by atoms with van der Waals surface area (Å²) >= 11 is 0. The topological polar surface area (TPSA) is 18.5 Å². The molecule has 18 heavy (non-hydrogen) atoms. The SMILES string of the molecule is C[SiH](O[SiH2]OCCCc1ccccc1)C(C)(C)C. The Hall–Kier alpha value is -0.426. The lowest BCUT2D eigenvalue weighted by Crippen LogP contribution is -2.28. The van der Waals surface area contributed by atoms with Gasteiger partial charge >= 0.3 is 0 Å². The van der Waals surface area contributed by atoms with Crippen molar-refractivity contribution < 1.29 is 8.54 Å². The monoisotopic (exact) mass is 282 g/mol. The van der Waals surface area contributed by atoms with E-state index in [9.17, 15) is 0 Å². The summed E-state index contributed by atoms with van der Waals surface area (Å²) in [6.07, 6.45) is 2.19. The third-order valence-electron chi connectivity index (χ3n) is 3.22. The first-order chi connectivity index (χ1) is 8.50. The molecule has 1 aromatic carbocycles. The van der Waals surface area contributed by atoms with Crippen molar-refractivity contribution in [3.05, 3.63) is 35.9 Å². The van der Waals surface area contributed by atoms with Crippen LogP contribution in [0.3, 0.4) is 0 Å². The zero-order chi connectivity index (χ0) is 13.4. The molecule has 0 aromatic heterocycles. The lowest BCUT2D eigenvalue weighted by molar-refractivity contribution is 0.282. The third kappa shape index (κ3) is 6.49. The summed E-state index contributed by atoms with van der Waals surface area (Å²) in [6, 6.07) is 10.6. The Kier molecular flexibility index (Phi) is 6.85. The van der Waals surface area contributed by atoms with Crippen LogP contribution in [0.4, 0.5) is 0 Å². The van der Waals surface area contributed by atoms with Crippen LogP contribution in [0.15, 0.2) is 30.3 Å². The van der Waals surface area contributed by atoms with Crippen molar-refractivity contribution in [2.45, 2.75) is 45.2 Å². The molecule has 0 amide bonds. The van der Waals surface area contributed by atoms with Crippen molar-refractivity contribution in [3.8, 4) is 0 Å². The van der Waals surface area contributed by atoms with Gasteiger partial charge in [-0.2, -0.15) is 0 Å². The van der Waals surface area contributed by atoms with Crippen LogP contribution in [-0.2, 0) is 15.0 Å². The first-order valence-electron chi connectivity index (χ1n) is 6.73. The highest BCUT2D eigenvalue weighted by atomic mass is 28.4. The van der Waals surface area contributed by atoms with Gasteiger partial charge < -0.3 is 8.54 Å². The summed E-state index contributed by atoms with van der Waals surface area (Å²) in [5, 5.41) is 0.348. The van der Waals surface area contributed by atoms with E-state index >= 15 is 0 Å². The van der Waals surface area contributed by atoms with E-state index in [0.29, 0.717) is 5.04 Å². The van der Waals surface area contributed by atoms with Crippen LogP contribution in [0.25, 0.3) is 0 Å². The molecular weight excluding hydrogens is 256 g/mol. The number of hydrogen-bond donors (Lipinski definition) is 0. The van der Waals surface area contributed by atoms with Gasteiger partial charge in [-0.05, 0) is 30.0 Å². The standard InChI is InChI=1S/C14H26O2Si2/c1-14(2,3)18(4)16-17-15-12-8-11-13-9-6-5-7-10-13/h5-7,9-10,18H,8,11-12,17H2,1-4H3. The van der Waals surface area contributed by atoms with Gasteiger partial charge in [0.1, 0.15) is 0 Å². The van der Waals surface area contributed by atoms with E-state index in [1.165, 1.54) is 5.56 Å². The van der Waals surface area contributed by atoms with Gasteiger partial charge in [0.15, 0.2) is 9.04 Å². The fraction of sp³-hybridized carbons (Fsp3) is 0.571. The normalized spacial score (nSPS) is 14.2. The third-order valence-corrected chi connectivity index (χ3v) is 8.66. The van der Waals surface area contributed by atoms with Gasteiger partial charge in [0, 0.05) is 6.61 Å². The summed E-state index contributed by atoms with van der Waals surface area (Å²) in [4.78, 5) is 0. The molecule has 4 heteroatoms. The molecule has 1 atom stereocenters. The van der Waals surface area contributed by atoms with E-state index in [4.69, 9.17) is 8.54 Å². The van der Waals surface area contributed by atoms with Gasteiger partial charge in [0.25, 0.3) is 10.0 Å². The minimum atomic E-state index is -1.06. The number of benzene rings is 1. The van der Waals surface area contributed by atoms with E-state index in [2.05, 4.69) is 57.7 Å². The highest BCUT2D eigenvalue weighted by Crippen LogP contribution is 2.26. The Balaban J connectivity index is 2.03. The molecule has 0 aliphatic heterocycles. The summed E-state index contributed by atoms with van der Waals surface area (Å²) in [5.74, 6) is 0. The van der Waals surface area contributed by atoms with Gasteiger partial charge in [-0.15, -0.1) is 0 Å². The number of hydrogen-bond acceptors (Lipinski definition) is 2. The Morgan fingerprint density at radius 3 is 2.44 bits per heavy atom. The van der Waals surface area contributed by atoms with Gasteiger partial charge in [-0.25, -0.2) is 0 Å². The molecule has 1 rings (SSSR count). The summed E-state index contributed by atoms with van der Waals surface area (Å²) in [5.41, 5.74) is 1.39. The fourth-order valence-corrected chi connectivity index (χ4v) is 5.01. The molecule has 0 aliphatic rings. The maximum atomic E-state index is 5.91. The molecule has 0 saturated heterocycles. The smallest absolute Gasteiger partial charge is 0.293 e. The average molecular weight is 283 g/mol.